The maximum atomic E-state index is 11.2. The second-order valence-corrected chi connectivity index (χ2v) is 3.62. The van der Waals surface area contributed by atoms with Crippen LogP contribution in [0.25, 0.3) is 0 Å². The fraction of sp³-hybridized carbons (Fsp3) is 0.333. The number of rotatable bonds is 3. The number of ketones is 1. The maximum absolute atomic E-state index is 11.2. The van der Waals surface area contributed by atoms with Crippen LogP contribution in [-0.2, 0) is 4.79 Å². The number of benzene rings is 1. The Morgan fingerprint density at radius 3 is 2.31 bits per heavy atom. The molecule has 0 radical (unpaired) electrons. The van der Waals surface area contributed by atoms with E-state index in [4.69, 9.17) is 4.74 Å². The summed E-state index contributed by atoms with van der Waals surface area (Å²) in [5.74, 6) is -0.329. The molecule has 0 aliphatic carbocycles. The van der Waals surface area contributed by atoms with Gasteiger partial charge in [-0.2, -0.15) is 0 Å². The van der Waals surface area contributed by atoms with Gasteiger partial charge in [0.05, 0.1) is 6.10 Å². The topological polar surface area (TPSA) is 63.6 Å². The fourth-order valence-corrected chi connectivity index (χ4v) is 1.29. The molecule has 0 aliphatic rings. The average molecular weight is 222 g/mol. The number of hydrogen-bond donors (Lipinski definition) is 1. The van der Waals surface area contributed by atoms with E-state index in [1.807, 2.05) is 0 Å². The Kier molecular flexibility index (Phi) is 3.79. The molecule has 0 bridgehead atoms. The first-order chi connectivity index (χ1) is 7.40. The van der Waals surface area contributed by atoms with Crippen LogP contribution in [0.2, 0.25) is 0 Å². The predicted octanol–water partition coefficient (Wildman–Crippen LogP) is 1.87. The largest absolute Gasteiger partial charge is 0.427 e. The first-order valence-electron chi connectivity index (χ1n) is 4.92. The number of carbonyl (C=O) groups excluding carboxylic acids is 2. The SMILES string of the molecule is CC(=O)Oc1cc(C(C)=O)cc([C@H](C)O)c1. The minimum absolute atomic E-state index is 0.143. The molecule has 0 amide bonds. The van der Waals surface area contributed by atoms with Crippen LogP contribution in [0.3, 0.4) is 0 Å². The number of aliphatic hydroxyl groups is 1. The van der Waals surface area contributed by atoms with Crippen molar-refractivity contribution in [2.24, 2.45) is 0 Å². The molecule has 0 heterocycles. The molecule has 1 aromatic carbocycles. The van der Waals surface area contributed by atoms with E-state index in [9.17, 15) is 14.7 Å². The maximum Gasteiger partial charge on any atom is 0.308 e. The van der Waals surface area contributed by atoms with Gasteiger partial charge in [-0.15, -0.1) is 0 Å². The van der Waals surface area contributed by atoms with Gasteiger partial charge in [-0.1, -0.05) is 0 Å². The molecule has 0 unspecified atom stereocenters. The van der Waals surface area contributed by atoms with Crippen molar-refractivity contribution in [3.05, 3.63) is 29.3 Å². The summed E-state index contributed by atoms with van der Waals surface area (Å²) in [4.78, 5) is 22.0. The summed E-state index contributed by atoms with van der Waals surface area (Å²) in [6.45, 7) is 4.28. The van der Waals surface area contributed by atoms with Gasteiger partial charge in [-0.05, 0) is 37.6 Å². The van der Waals surface area contributed by atoms with Gasteiger partial charge in [-0.25, -0.2) is 0 Å². The average Bonchev–Trinajstić information content (AvgIpc) is 2.15. The Bertz CT molecular complexity index is 421. The van der Waals surface area contributed by atoms with Gasteiger partial charge >= 0.3 is 5.97 Å². The van der Waals surface area contributed by atoms with Gasteiger partial charge in [0.1, 0.15) is 5.75 Å². The van der Waals surface area contributed by atoms with Crippen molar-refractivity contribution >= 4 is 11.8 Å². The number of carbonyl (C=O) groups is 2. The molecule has 86 valence electrons. The van der Waals surface area contributed by atoms with E-state index in [0.717, 1.165) is 0 Å². The molecule has 16 heavy (non-hydrogen) atoms. The molecule has 0 saturated carbocycles. The molecule has 1 rings (SSSR count). The van der Waals surface area contributed by atoms with E-state index in [1.54, 1.807) is 19.1 Å². The second-order valence-electron chi connectivity index (χ2n) is 3.62. The molecule has 0 saturated heterocycles. The Labute approximate surface area is 93.9 Å². The highest BCUT2D eigenvalue weighted by Crippen LogP contribution is 2.22. The molecule has 0 spiro atoms. The Hall–Kier alpha value is -1.68. The molecule has 1 N–H and O–H groups in total. The summed E-state index contributed by atoms with van der Waals surface area (Å²) in [6, 6.07) is 4.61. The van der Waals surface area contributed by atoms with Gasteiger partial charge < -0.3 is 9.84 Å². The molecule has 4 nitrogen and oxygen atoms in total. The fourth-order valence-electron chi connectivity index (χ4n) is 1.29. The molecule has 1 aromatic rings. The highest BCUT2D eigenvalue weighted by molar-refractivity contribution is 5.94. The summed E-state index contributed by atoms with van der Waals surface area (Å²) in [6.07, 6.45) is -0.714. The van der Waals surface area contributed by atoms with Crippen LogP contribution in [0.1, 0.15) is 42.8 Å². The number of esters is 1. The van der Waals surface area contributed by atoms with Gasteiger partial charge in [0, 0.05) is 12.5 Å². The Morgan fingerprint density at radius 2 is 1.88 bits per heavy atom. The zero-order valence-corrected chi connectivity index (χ0v) is 9.48. The third-order valence-corrected chi connectivity index (χ3v) is 2.08. The molecular formula is C12H14O4. The lowest BCUT2D eigenvalue weighted by Gasteiger charge is -2.09. The molecular weight excluding hydrogens is 208 g/mol. The molecule has 0 fully saturated rings. The van der Waals surface area contributed by atoms with Crippen molar-refractivity contribution in [2.75, 3.05) is 0 Å². The van der Waals surface area contributed by atoms with Crippen LogP contribution in [0, 0.1) is 0 Å². The minimum atomic E-state index is -0.714. The van der Waals surface area contributed by atoms with E-state index in [2.05, 4.69) is 0 Å². The molecule has 1 atom stereocenters. The summed E-state index contributed by atoms with van der Waals surface area (Å²) < 4.78 is 4.89. The van der Waals surface area contributed by atoms with Crippen LogP contribution >= 0.6 is 0 Å². The molecule has 0 aliphatic heterocycles. The quantitative estimate of drug-likeness (QED) is 0.481. The smallest absolute Gasteiger partial charge is 0.308 e. The number of Topliss-reactive ketones (excluding diaryl/α,β-unsaturated/α-hetero) is 1. The minimum Gasteiger partial charge on any atom is -0.427 e. The highest BCUT2D eigenvalue weighted by atomic mass is 16.5. The lowest BCUT2D eigenvalue weighted by Crippen LogP contribution is -2.04. The van der Waals surface area contributed by atoms with Crippen molar-refractivity contribution in [3.8, 4) is 5.75 Å². The first kappa shape index (κ1) is 12.4. The van der Waals surface area contributed by atoms with E-state index in [0.29, 0.717) is 11.1 Å². The standard InChI is InChI=1S/C12H14O4/c1-7(13)10-4-11(8(2)14)6-12(5-10)16-9(3)15/h4-7,13H,1-3H3/t7-/m0/s1. The Balaban J connectivity index is 3.18. The van der Waals surface area contributed by atoms with E-state index in [1.165, 1.54) is 19.9 Å². The van der Waals surface area contributed by atoms with Crippen LogP contribution in [0.4, 0.5) is 0 Å². The van der Waals surface area contributed by atoms with Crippen molar-refractivity contribution in [1.82, 2.24) is 0 Å². The van der Waals surface area contributed by atoms with Crippen LogP contribution in [-0.4, -0.2) is 16.9 Å². The number of hydrogen-bond acceptors (Lipinski definition) is 4. The normalized spacial score (nSPS) is 12.0. The molecule has 0 aromatic heterocycles. The van der Waals surface area contributed by atoms with E-state index >= 15 is 0 Å². The predicted molar refractivity (Wildman–Crippen MR) is 58.4 cm³/mol. The van der Waals surface area contributed by atoms with Crippen LogP contribution in [0.5, 0.6) is 5.75 Å². The van der Waals surface area contributed by atoms with Gasteiger partial charge in [0.2, 0.25) is 0 Å². The number of ether oxygens (including phenoxy) is 1. The van der Waals surface area contributed by atoms with Gasteiger partial charge in [-0.3, -0.25) is 9.59 Å². The lowest BCUT2D eigenvalue weighted by molar-refractivity contribution is -0.131. The van der Waals surface area contributed by atoms with E-state index in [-0.39, 0.29) is 11.5 Å². The van der Waals surface area contributed by atoms with Gasteiger partial charge in [0.15, 0.2) is 5.78 Å². The summed E-state index contributed by atoms with van der Waals surface area (Å²) in [5, 5.41) is 9.44. The monoisotopic (exact) mass is 222 g/mol. The van der Waals surface area contributed by atoms with E-state index < -0.39 is 12.1 Å². The summed E-state index contributed by atoms with van der Waals surface area (Å²) in [5.41, 5.74) is 0.957. The van der Waals surface area contributed by atoms with Crippen LogP contribution < -0.4 is 4.74 Å². The number of aliphatic hydroxyl groups excluding tert-OH is 1. The third-order valence-electron chi connectivity index (χ3n) is 2.08. The highest BCUT2D eigenvalue weighted by Gasteiger charge is 2.10. The molecule has 4 heteroatoms. The van der Waals surface area contributed by atoms with Crippen molar-refractivity contribution in [3.63, 3.8) is 0 Å². The van der Waals surface area contributed by atoms with Crippen molar-refractivity contribution in [2.45, 2.75) is 26.9 Å². The summed E-state index contributed by atoms with van der Waals surface area (Å²) in [7, 11) is 0. The Morgan fingerprint density at radius 1 is 1.25 bits per heavy atom. The zero-order chi connectivity index (χ0) is 12.3. The lowest BCUT2D eigenvalue weighted by atomic mass is 10.0. The van der Waals surface area contributed by atoms with Crippen molar-refractivity contribution < 1.29 is 19.4 Å². The second kappa shape index (κ2) is 4.90. The third kappa shape index (κ3) is 3.17. The first-order valence-corrected chi connectivity index (χ1v) is 4.92. The van der Waals surface area contributed by atoms with Crippen LogP contribution in [0.15, 0.2) is 18.2 Å². The van der Waals surface area contributed by atoms with Gasteiger partial charge in [0.25, 0.3) is 0 Å². The summed E-state index contributed by atoms with van der Waals surface area (Å²) >= 11 is 0. The van der Waals surface area contributed by atoms with Crippen molar-refractivity contribution in [1.29, 1.82) is 0 Å². The zero-order valence-electron chi connectivity index (χ0n) is 9.48.